The Bertz CT molecular complexity index is 595. The van der Waals surface area contributed by atoms with E-state index >= 15 is 0 Å². The Hall–Kier alpha value is -2.53. The third-order valence-corrected chi connectivity index (χ3v) is 2.78. The highest BCUT2D eigenvalue weighted by atomic mass is 16.5. The fraction of sp³-hybridized carbons (Fsp3) is 0.133. The summed E-state index contributed by atoms with van der Waals surface area (Å²) in [5.41, 5.74) is 6.06. The van der Waals surface area contributed by atoms with Crippen molar-refractivity contribution in [3.63, 3.8) is 0 Å². The van der Waals surface area contributed by atoms with Crippen molar-refractivity contribution in [2.45, 2.75) is 6.04 Å². The summed E-state index contributed by atoms with van der Waals surface area (Å²) in [4.78, 5) is 10.9. The molecule has 0 unspecified atom stereocenters. The first-order valence-corrected chi connectivity index (χ1v) is 6.00. The molecule has 2 rings (SSSR count). The van der Waals surface area contributed by atoms with Crippen LogP contribution < -0.4 is 15.2 Å². The van der Waals surface area contributed by atoms with Gasteiger partial charge in [0.05, 0.1) is 7.11 Å². The van der Waals surface area contributed by atoms with Gasteiger partial charge in [0.1, 0.15) is 23.3 Å². The summed E-state index contributed by atoms with van der Waals surface area (Å²) >= 11 is 0. The Morgan fingerprint density at radius 1 is 1.10 bits per heavy atom. The van der Waals surface area contributed by atoms with Crippen molar-refractivity contribution in [2.75, 3.05) is 7.11 Å². The number of nitrogens with two attached hydrogens (primary N) is 1. The Balaban J connectivity index is 2.16. The molecule has 0 aliphatic heterocycles. The molecule has 104 valence electrons. The zero-order valence-electron chi connectivity index (χ0n) is 10.9. The lowest BCUT2D eigenvalue weighted by molar-refractivity contribution is -0.138. The number of rotatable bonds is 5. The first-order valence-electron chi connectivity index (χ1n) is 6.00. The molecule has 0 radical (unpaired) electrons. The van der Waals surface area contributed by atoms with Gasteiger partial charge in [-0.2, -0.15) is 0 Å². The molecule has 0 saturated heterocycles. The average molecular weight is 273 g/mol. The third kappa shape index (κ3) is 3.27. The molecule has 20 heavy (non-hydrogen) atoms. The van der Waals surface area contributed by atoms with Gasteiger partial charge in [0.25, 0.3) is 0 Å². The first kappa shape index (κ1) is 13.9. The number of carboxylic acid groups (broad SMARTS) is 1. The molecule has 0 saturated carbocycles. The number of methoxy groups -OCH3 is 1. The molecule has 5 heteroatoms. The summed E-state index contributed by atoms with van der Waals surface area (Å²) in [6.07, 6.45) is 0. The fourth-order valence-electron chi connectivity index (χ4n) is 1.69. The van der Waals surface area contributed by atoms with E-state index in [1.165, 1.54) is 0 Å². The van der Waals surface area contributed by atoms with E-state index in [4.69, 9.17) is 20.3 Å². The molecule has 5 nitrogen and oxygen atoms in total. The van der Waals surface area contributed by atoms with E-state index in [1.54, 1.807) is 55.6 Å². The molecular formula is C15H15NO4. The van der Waals surface area contributed by atoms with Crippen LogP contribution in [0, 0.1) is 0 Å². The lowest BCUT2D eigenvalue weighted by atomic mass is 10.1. The number of ether oxygens (including phenoxy) is 2. The van der Waals surface area contributed by atoms with Gasteiger partial charge < -0.3 is 20.3 Å². The molecule has 3 N–H and O–H groups in total. The van der Waals surface area contributed by atoms with Crippen LogP contribution in [0.3, 0.4) is 0 Å². The Morgan fingerprint density at radius 3 is 2.35 bits per heavy atom. The summed E-state index contributed by atoms with van der Waals surface area (Å²) in [5, 5.41) is 8.89. The summed E-state index contributed by atoms with van der Waals surface area (Å²) < 4.78 is 10.7. The van der Waals surface area contributed by atoms with Crippen LogP contribution in [0.25, 0.3) is 0 Å². The number of benzene rings is 2. The van der Waals surface area contributed by atoms with Gasteiger partial charge in [-0.05, 0) is 42.0 Å². The van der Waals surface area contributed by atoms with Crippen LogP contribution >= 0.6 is 0 Å². The van der Waals surface area contributed by atoms with E-state index in [-0.39, 0.29) is 0 Å². The molecule has 1 atom stereocenters. The SMILES string of the molecule is COc1ccc(Oc2cccc([C@H](N)C(=O)O)c2)cc1. The maximum Gasteiger partial charge on any atom is 0.325 e. The Labute approximate surface area is 116 Å². The van der Waals surface area contributed by atoms with Gasteiger partial charge in [-0.25, -0.2) is 0 Å². The topological polar surface area (TPSA) is 81.8 Å². The summed E-state index contributed by atoms with van der Waals surface area (Å²) in [5.74, 6) is 0.821. The Morgan fingerprint density at radius 2 is 1.75 bits per heavy atom. The molecule has 0 amide bonds. The molecule has 0 heterocycles. The van der Waals surface area contributed by atoms with E-state index in [2.05, 4.69) is 0 Å². The quantitative estimate of drug-likeness (QED) is 0.875. The maximum atomic E-state index is 10.9. The lowest BCUT2D eigenvalue weighted by Gasteiger charge is -2.10. The van der Waals surface area contributed by atoms with E-state index in [9.17, 15) is 4.79 Å². The predicted molar refractivity (Wildman–Crippen MR) is 74.1 cm³/mol. The van der Waals surface area contributed by atoms with Crippen molar-refractivity contribution in [3.05, 3.63) is 54.1 Å². The van der Waals surface area contributed by atoms with Crippen molar-refractivity contribution in [1.82, 2.24) is 0 Å². The van der Waals surface area contributed by atoms with Gasteiger partial charge in [-0.3, -0.25) is 4.79 Å². The minimum absolute atomic E-state index is 0.489. The summed E-state index contributed by atoms with van der Waals surface area (Å²) in [7, 11) is 1.59. The standard InChI is InChI=1S/C15H15NO4/c1-19-11-5-7-12(8-6-11)20-13-4-2-3-10(9-13)14(16)15(17)18/h2-9,14H,16H2,1H3,(H,17,18)/t14-/m0/s1. The van der Waals surface area contributed by atoms with Crippen LogP contribution in [0.1, 0.15) is 11.6 Å². The highest BCUT2D eigenvalue weighted by Crippen LogP contribution is 2.25. The van der Waals surface area contributed by atoms with Crippen molar-refractivity contribution < 1.29 is 19.4 Å². The van der Waals surface area contributed by atoms with Gasteiger partial charge >= 0.3 is 5.97 Å². The highest BCUT2D eigenvalue weighted by Gasteiger charge is 2.14. The molecule has 2 aromatic carbocycles. The zero-order chi connectivity index (χ0) is 14.5. The van der Waals surface area contributed by atoms with Crippen LogP contribution in [0.5, 0.6) is 17.2 Å². The highest BCUT2D eigenvalue weighted by molar-refractivity contribution is 5.75. The van der Waals surface area contributed by atoms with E-state index in [1.807, 2.05) is 0 Å². The van der Waals surface area contributed by atoms with Crippen LogP contribution in [0.15, 0.2) is 48.5 Å². The smallest absolute Gasteiger partial charge is 0.325 e. The number of hydrogen-bond donors (Lipinski definition) is 2. The van der Waals surface area contributed by atoms with Gasteiger partial charge in [0.15, 0.2) is 0 Å². The maximum absolute atomic E-state index is 10.9. The molecule has 2 aromatic rings. The van der Waals surface area contributed by atoms with Crippen LogP contribution in [-0.4, -0.2) is 18.2 Å². The monoisotopic (exact) mass is 273 g/mol. The van der Waals surface area contributed by atoms with Crippen molar-refractivity contribution in [1.29, 1.82) is 0 Å². The van der Waals surface area contributed by atoms with Crippen LogP contribution in [0.2, 0.25) is 0 Å². The van der Waals surface area contributed by atoms with E-state index < -0.39 is 12.0 Å². The molecule has 0 fully saturated rings. The number of aliphatic carboxylic acids is 1. The van der Waals surface area contributed by atoms with Gasteiger partial charge in [0.2, 0.25) is 0 Å². The number of carbonyl (C=O) groups is 1. The largest absolute Gasteiger partial charge is 0.497 e. The second-order valence-corrected chi connectivity index (χ2v) is 4.17. The zero-order valence-corrected chi connectivity index (χ0v) is 10.9. The Kier molecular flexibility index (Phi) is 4.22. The van der Waals surface area contributed by atoms with E-state index in [0.29, 0.717) is 17.1 Å². The lowest BCUT2D eigenvalue weighted by Crippen LogP contribution is -2.20. The summed E-state index contributed by atoms with van der Waals surface area (Å²) in [6, 6.07) is 12.7. The van der Waals surface area contributed by atoms with Gasteiger partial charge in [-0.1, -0.05) is 12.1 Å². The van der Waals surface area contributed by atoms with Gasteiger partial charge in [-0.15, -0.1) is 0 Å². The van der Waals surface area contributed by atoms with E-state index in [0.717, 1.165) is 5.75 Å². The summed E-state index contributed by atoms with van der Waals surface area (Å²) in [6.45, 7) is 0. The molecule has 0 spiro atoms. The molecular weight excluding hydrogens is 258 g/mol. The first-order chi connectivity index (χ1) is 9.60. The third-order valence-electron chi connectivity index (χ3n) is 2.78. The second kappa shape index (κ2) is 6.08. The predicted octanol–water partition coefficient (Wildman–Crippen LogP) is 2.57. The van der Waals surface area contributed by atoms with Crippen molar-refractivity contribution >= 4 is 5.97 Å². The minimum Gasteiger partial charge on any atom is -0.497 e. The van der Waals surface area contributed by atoms with Crippen molar-refractivity contribution in [3.8, 4) is 17.2 Å². The molecule has 0 bridgehead atoms. The van der Waals surface area contributed by atoms with Crippen LogP contribution in [0.4, 0.5) is 0 Å². The normalized spacial score (nSPS) is 11.7. The minimum atomic E-state index is -1.08. The number of carboxylic acids is 1. The van der Waals surface area contributed by atoms with Gasteiger partial charge in [0, 0.05) is 0 Å². The molecule has 0 aliphatic carbocycles. The van der Waals surface area contributed by atoms with Crippen molar-refractivity contribution in [2.24, 2.45) is 5.73 Å². The van der Waals surface area contributed by atoms with Crippen LogP contribution in [-0.2, 0) is 4.79 Å². The molecule has 0 aliphatic rings. The second-order valence-electron chi connectivity index (χ2n) is 4.17. The average Bonchev–Trinajstić information content (AvgIpc) is 2.47. The molecule has 0 aromatic heterocycles. The fourth-order valence-corrected chi connectivity index (χ4v) is 1.69. The number of hydrogen-bond acceptors (Lipinski definition) is 4.